The number of benzene rings is 1. The number of carboxylic acids is 1. The number of hydrogen-bond acceptors (Lipinski definition) is 2. The minimum Gasteiger partial charge on any atom is -0.478 e. The maximum absolute atomic E-state index is 11.4. The summed E-state index contributed by atoms with van der Waals surface area (Å²) in [6.45, 7) is 7.19. The number of para-hydroxylation sites is 1. The Balaban J connectivity index is 2.68. The van der Waals surface area contributed by atoms with E-state index in [2.05, 4.69) is 4.57 Å². The van der Waals surface area contributed by atoms with Crippen molar-refractivity contribution < 1.29 is 14.6 Å². The second-order valence-corrected chi connectivity index (χ2v) is 4.79. The van der Waals surface area contributed by atoms with E-state index in [1.807, 2.05) is 32.9 Å². The molecule has 0 saturated heterocycles. The minimum absolute atomic E-state index is 0.188. The van der Waals surface area contributed by atoms with E-state index < -0.39 is 5.97 Å². The van der Waals surface area contributed by atoms with Crippen LogP contribution in [0.2, 0.25) is 0 Å². The fourth-order valence-corrected chi connectivity index (χ4v) is 2.42. The van der Waals surface area contributed by atoms with Gasteiger partial charge in [0.05, 0.1) is 17.7 Å². The standard InChI is InChI=1S/C15H19NO3/c1-4-19-9-12-8-11-6-5-7-13(15(17)18)14(11)16(12)10(2)3/h5-8,10H,4,9H2,1-3H3,(H,17,18). The van der Waals surface area contributed by atoms with Crippen LogP contribution in [-0.4, -0.2) is 22.2 Å². The van der Waals surface area contributed by atoms with Crippen LogP contribution in [0.15, 0.2) is 24.3 Å². The van der Waals surface area contributed by atoms with Crippen LogP contribution in [0.25, 0.3) is 10.9 Å². The summed E-state index contributed by atoms with van der Waals surface area (Å²) in [5.74, 6) is -0.895. The molecule has 0 aliphatic rings. The lowest BCUT2D eigenvalue weighted by molar-refractivity contribution is 0.0698. The van der Waals surface area contributed by atoms with Crippen molar-refractivity contribution in [2.24, 2.45) is 0 Å². The molecule has 0 aliphatic carbocycles. The highest BCUT2D eigenvalue weighted by molar-refractivity contribution is 6.02. The quantitative estimate of drug-likeness (QED) is 0.896. The number of fused-ring (bicyclic) bond motifs is 1. The highest BCUT2D eigenvalue weighted by atomic mass is 16.5. The number of aromatic nitrogens is 1. The Morgan fingerprint density at radius 2 is 2.16 bits per heavy atom. The SMILES string of the molecule is CCOCc1cc2cccc(C(=O)O)c2n1C(C)C. The third-order valence-electron chi connectivity index (χ3n) is 3.14. The summed E-state index contributed by atoms with van der Waals surface area (Å²) in [5.41, 5.74) is 2.13. The van der Waals surface area contributed by atoms with Crippen molar-refractivity contribution in [3.8, 4) is 0 Å². The Bertz CT molecular complexity index is 599. The van der Waals surface area contributed by atoms with Gasteiger partial charge in [-0.25, -0.2) is 4.79 Å². The molecule has 0 spiro atoms. The van der Waals surface area contributed by atoms with Crippen LogP contribution < -0.4 is 0 Å². The van der Waals surface area contributed by atoms with Crippen LogP contribution in [0, 0.1) is 0 Å². The second-order valence-electron chi connectivity index (χ2n) is 4.79. The van der Waals surface area contributed by atoms with Gasteiger partial charge in [0.15, 0.2) is 0 Å². The maximum Gasteiger partial charge on any atom is 0.337 e. The zero-order chi connectivity index (χ0) is 14.0. The summed E-state index contributed by atoms with van der Waals surface area (Å²) < 4.78 is 7.52. The van der Waals surface area contributed by atoms with Gasteiger partial charge in [0, 0.05) is 23.7 Å². The first-order valence-electron chi connectivity index (χ1n) is 6.50. The fraction of sp³-hybridized carbons (Fsp3) is 0.400. The number of hydrogen-bond donors (Lipinski definition) is 1. The summed E-state index contributed by atoms with van der Waals surface area (Å²) in [7, 11) is 0. The zero-order valence-electron chi connectivity index (χ0n) is 11.5. The monoisotopic (exact) mass is 261 g/mol. The average molecular weight is 261 g/mol. The summed E-state index contributed by atoms with van der Waals surface area (Å²) in [6, 6.07) is 7.57. The van der Waals surface area contributed by atoms with Crippen molar-refractivity contribution in [1.82, 2.24) is 4.57 Å². The molecule has 1 heterocycles. The topological polar surface area (TPSA) is 51.5 Å². The van der Waals surface area contributed by atoms with Gasteiger partial charge in [-0.15, -0.1) is 0 Å². The third kappa shape index (κ3) is 2.49. The van der Waals surface area contributed by atoms with Crippen LogP contribution in [0.3, 0.4) is 0 Å². The molecular formula is C15H19NO3. The van der Waals surface area contributed by atoms with E-state index in [9.17, 15) is 9.90 Å². The molecule has 0 atom stereocenters. The lowest BCUT2D eigenvalue weighted by Crippen LogP contribution is -2.09. The molecule has 0 fully saturated rings. The molecule has 0 aliphatic heterocycles. The minimum atomic E-state index is -0.895. The predicted octanol–water partition coefficient (Wildman–Crippen LogP) is 3.46. The largest absolute Gasteiger partial charge is 0.478 e. The molecule has 4 nitrogen and oxygen atoms in total. The Morgan fingerprint density at radius 1 is 1.42 bits per heavy atom. The van der Waals surface area contributed by atoms with Crippen LogP contribution in [0.4, 0.5) is 0 Å². The van der Waals surface area contributed by atoms with Gasteiger partial charge in [0.25, 0.3) is 0 Å². The summed E-state index contributed by atoms with van der Waals surface area (Å²) in [4.78, 5) is 11.4. The molecule has 102 valence electrons. The molecule has 0 unspecified atom stereocenters. The van der Waals surface area contributed by atoms with Gasteiger partial charge in [-0.3, -0.25) is 0 Å². The van der Waals surface area contributed by atoms with Crippen LogP contribution in [-0.2, 0) is 11.3 Å². The number of nitrogens with zero attached hydrogens (tertiary/aromatic N) is 1. The first kappa shape index (κ1) is 13.6. The molecule has 19 heavy (non-hydrogen) atoms. The third-order valence-corrected chi connectivity index (χ3v) is 3.14. The molecule has 0 saturated carbocycles. The van der Waals surface area contributed by atoms with E-state index in [0.29, 0.717) is 18.8 Å². The Kier molecular flexibility index (Phi) is 3.90. The summed E-state index contributed by atoms with van der Waals surface area (Å²) in [5, 5.41) is 10.3. The number of rotatable bonds is 5. The number of aromatic carboxylic acids is 1. The van der Waals surface area contributed by atoms with E-state index in [0.717, 1.165) is 16.6 Å². The zero-order valence-corrected chi connectivity index (χ0v) is 11.5. The van der Waals surface area contributed by atoms with Gasteiger partial charge in [-0.1, -0.05) is 12.1 Å². The molecule has 1 N–H and O–H groups in total. The lowest BCUT2D eigenvalue weighted by atomic mass is 10.1. The van der Waals surface area contributed by atoms with E-state index in [-0.39, 0.29) is 6.04 Å². The van der Waals surface area contributed by atoms with Crippen molar-refractivity contribution in [2.45, 2.75) is 33.4 Å². The fourth-order valence-electron chi connectivity index (χ4n) is 2.42. The van der Waals surface area contributed by atoms with Crippen molar-refractivity contribution in [2.75, 3.05) is 6.61 Å². The van der Waals surface area contributed by atoms with Crippen LogP contribution >= 0.6 is 0 Å². The van der Waals surface area contributed by atoms with E-state index in [4.69, 9.17) is 4.74 Å². The Morgan fingerprint density at radius 3 is 2.74 bits per heavy atom. The predicted molar refractivity (Wildman–Crippen MR) is 74.6 cm³/mol. The molecular weight excluding hydrogens is 242 g/mol. The van der Waals surface area contributed by atoms with Gasteiger partial charge in [0.1, 0.15) is 0 Å². The molecule has 1 aromatic carbocycles. The van der Waals surface area contributed by atoms with Crippen molar-refractivity contribution in [3.63, 3.8) is 0 Å². The van der Waals surface area contributed by atoms with E-state index in [1.165, 1.54) is 0 Å². The van der Waals surface area contributed by atoms with Gasteiger partial charge in [0.2, 0.25) is 0 Å². The van der Waals surface area contributed by atoms with Crippen molar-refractivity contribution in [1.29, 1.82) is 0 Å². The lowest BCUT2D eigenvalue weighted by Gasteiger charge is -2.15. The number of carbonyl (C=O) groups is 1. The summed E-state index contributed by atoms with van der Waals surface area (Å²) in [6.07, 6.45) is 0. The molecule has 0 radical (unpaired) electrons. The molecule has 4 heteroatoms. The molecule has 0 amide bonds. The van der Waals surface area contributed by atoms with Crippen molar-refractivity contribution >= 4 is 16.9 Å². The molecule has 2 aromatic rings. The smallest absolute Gasteiger partial charge is 0.337 e. The van der Waals surface area contributed by atoms with Crippen LogP contribution in [0.5, 0.6) is 0 Å². The summed E-state index contributed by atoms with van der Waals surface area (Å²) >= 11 is 0. The Labute approximate surface area is 112 Å². The van der Waals surface area contributed by atoms with E-state index >= 15 is 0 Å². The van der Waals surface area contributed by atoms with Crippen LogP contribution in [0.1, 0.15) is 42.9 Å². The highest BCUT2D eigenvalue weighted by Gasteiger charge is 2.17. The molecule has 2 rings (SSSR count). The normalized spacial score (nSPS) is 11.4. The molecule has 0 bridgehead atoms. The maximum atomic E-state index is 11.4. The van der Waals surface area contributed by atoms with Gasteiger partial charge >= 0.3 is 5.97 Å². The average Bonchev–Trinajstić information content (AvgIpc) is 2.73. The second kappa shape index (κ2) is 5.45. The van der Waals surface area contributed by atoms with E-state index in [1.54, 1.807) is 12.1 Å². The van der Waals surface area contributed by atoms with Crippen molar-refractivity contribution in [3.05, 3.63) is 35.5 Å². The number of carboxylic acid groups (broad SMARTS) is 1. The number of ether oxygens (including phenoxy) is 1. The first-order valence-corrected chi connectivity index (χ1v) is 6.50. The van der Waals surface area contributed by atoms with Gasteiger partial charge in [-0.05, 0) is 32.9 Å². The molecule has 1 aromatic heterocycles. The first-order chi connectivity index (χ1) is 9.06. The van der Waals surface area contributed by atoms with Gasteiger partial charge < -0.3 is 14.4 Å². The van der Waals surface area contributed by atoms with Gasteiger partial charge in [-0.2, -0.15) is 0 Å². The highest BCUT2D eigenvalue weighted by Crippen LogP contribution is 2.27. The Hall–Kier alpha value is -1.81.